The van der Waals surface area contributed by atoms with Crippen molar-refractivity contribution in [1.29, 1.82) is 0 Å². The molecule has 2 amide bonds. The highest BCUT2D eigenvalue weighted by Crippen LogP contribution is 2.27. The molecular weight excluding hydrogens is 280 g/mol. The van der Waals surface area contributed by atoms with Crippen LogP contribution in [-0.4, -0.2) is 56.6 Å². The van der Waals surface area contributed by atoms with Gasteiger partial charge < -0.3 is 9.80 Å². The van der Waals surface area contributed by atoms with E-state index >= 15 is 0 Å². The summed E-state index contributed by atoms with van der Waals surface area (Å²) >= 11 is 0. The first-order valence-corrected chi connectivity index (χ1v) is 7.89. The number of hydrogen-bond donors (Lipinski definition) is 0. The van der Waals surface area contributed by atoms with Crippen molar-refractivity contribution in [1.82, 2.24) is 19.6 Å². The van der Waals surface area contributed by atoms with Crippen molar-refractivity contribution in [2.75, 3.05) is 19.6 Å². The van der Waals surface area contributed by atoms with Gasteiger partial charge in [0, 0.05) is 44.0 Å². The molecule has 1 aliphatic heterocycles. The predicted octanol–water partition coefficient (Wildman–Crippen LogP) is 1.38. The molecule has 1 aromatic heterocycles. The monoisotopic (exact) mass is 306 g/mol. The highest BCUT2D eigenvalue weighted by molar-refractivity contribution is 5.89. The zero-order valence-electron chi connectivity index (χ0n) is 14.0. The summed E-state index contributed by atoms with van der Waals surface area (Å²) in [6, 6.07) is 1.87. The highest BCUT2D eigenvalue weighted by atomic mass is 16.2. The molecule has 1 saturated heterocycles. The average Bonchev–Trinajstić information content (AvgIpc) is 3.07. The van der Waals surface area contributed by atoms with Crippen LogP contribution < -0.4 is 0 Å². The molecule has 6 nitrogen and oxygen atoms in total. The molecule has 0 N–H and O–H groups in total. The molecule has 22 heavy (non-hydrogen) atoms. The average molecular weight is 306 g/mol. The van der Waals surface area contributed by atoms with Crippen LogP contribution in [0.5, 0.6) is 0 Å². The van der Waals surface area contributed by atoms with Crippen LogP contribution in [0.4, 0.5) is 0 Å². The maximum absolute atomic E-state index is 12.7. The Labute approximate surface area is 132 Å². The molecule has 1 aromatic rings. The maximum atomic E-state index is 12.7. The fourth-order valence-electron chi connectivity index (χ4n) is 2.86. The molecule has 1 atom stereocenters. The molecule has 0 unspecified atom stereocenters. The number of hydrogen-bond acceptors (Lipinski definition) is 3. The first-order chi connectivity index (χ1) is 10.3. The second-order valence-corrected chi connectivity index (χ2v) is 6.76. The van der Waals surface area contributed by atoms with E-state index in [0.717, 1.165) is 0 Å². The van der Waals surface area contributed by atoms with Crippen LogP contribution in [-0.2, 0) is 16.1 Å². The third-order valence-corrected chi connectivity index (χ3v) is 4.14. The van der Waals surface area contributed by atoms with Gasteiger partial charge in [-0.2, -0.15) is 5.10 Å². The lowest BCUT2D eigenvalue weighted by molar-refractivity contribution is -0.136. The van der Waals surface area contributed by atoms with Crippen LogP contribution in [0.2, 0.25) is 0 Å². The number of aromatic nitrogens is 2. The lowest BCUT2D eigenvalue weighted by Crippen LogP contribution is -2.44. The van der Waals surface area contributed by atoms with Gasteiger partial charge in [-0.15, -0.1) is 0 Å². The zero-order valence-corrected chi connectivity index (χ0v) is 14.0. The smallest absolute Gasteiger partial charge is 0.228 e. The molecular formula is C16H26N4O2. The first-order valence-electron chi connectivity index (χ1n) is 7.89. The van der Waals surface area contributed by atoms with E-state index in [4.69, 9.17) is 0 Å². The number of nitrogens with zero attached hydrogens (tertiary/aromatic N) is 4. The molecule has 0 radical (unpaired) electrons. The Morgan fingerprint density at radius 3 is 2.68 bits per heavy atom. The second-order valence-electron chi connectivity index (χ2n) is 6.76. The van der Waals surface area contributed by atoms with E-state index in [-0.39, 0.29) is 23.3 Å². The van der Waals surface area contributed by atoms with Crippen LogP contribution in [0, 0.1) is 5.92 Å². The summed E-state index contributed by atoms with van der Waals surface area (Å²) in [5, 5.41) is 4.15. The number of rotatable bonds is 5. The number of likely N-dealkylation sites (N-methyl/N-ethyl adjacent to an activating group) is 1. The van der Waals surface area contributed by atoms with Crippen LogP contribution in [0.15, 0.2) is 18.5 Å². The number of carbonyl (C=O) groups is 2. The van der Waals surface area contributed by atoms with Crippen LogP contribution in [0.1, 0.15) is 34.1 Å². The van der Waals surface area contributed by atoms with Gasteiger partial charge in [0.1, 0.15) is 0 Å². The van der Waals surface area contributed by atoms with Crippen molar-refractivity contribution >= 4 is 11.8 Å². The summed E-state index contributed by atoms with van der Waals surface area (Å²) in [6.45, 7) is 10.5. The minimum Gasteiger partial charge on any atom is -0.341 e. The molecule has 122 valence electrons. The van der Waals surface area contributed by atoms with Crippen molar-refractivity contribution in [3.63, 3.8) is 0 Å². The topological polar surface area (TPSA) is 58.4 Å². The van der Waals surface area contributed by atoms with Gasteiger partial charge in [0.15, 0.2) is 0 Å². The molecule has 6 heteroatoms. The largest absolute Gasteiger partial charge is 0.341 e. The fourth-order valence-corrected chi connectivity index (χ4v) is 2.86. The summed E-state index contributed by atoms with van der Waals surface area (Å²) in [6.07, 6.45) is 3.95. The van der Waals surface area contributed by atoms with Gasteiger partial charge >= 0.3 is 0 Å². The Balaban J connectivity index is 1.96. The Morgan fingerprint density at radius 2 is 2.18 bits per heavy atom. The summed E-state index contributed by atoms with van der Waals surface area (Å²) in [5.74, 6) is -0.0620. The molecule has 0 bridgehead atoms. The first kappa shape index (κ1) is 16.5. The SMILES string of the molecule is CCN(CCn1cccn1)C(=O)[C@@H]1CC(=O)N(C(C)(C)C)C1. The van der Waals surface area contributed by atoms with Gasteiger partial charge in [-0.05, 0) is 33.8 Å². The minimum atomic E-state index is -0.224. The summed E-state index contributed by atoms with van der Waals surface area (Å²) < 4.78 is 1.82. The van der Waals surface area contributed by atoms with Crippen molar-refractivity contribution in [3.05, 3.63) is 18.5 Å². The Bertz CT molecular complexity index is 519. The summed E-state index contributed by atoms with van der Waals surface area (Å²) in [5.41, 5.74) is -0.224. The number of carbonyl (C=O) groups excluding carboxylic acids is 2. The molecule has 0 spiro atoms. The summed E-state index contributed by atoms with van der Waals surface area (Å²) in [4.78, 5) is 28.4. The van der Waals surface area contributed by atoms with E-state index in [1.807, 2.05) is 54.4 Å². The van der Waals surface area contributed by atoms with Gasteiger partial charge in [-0.1, -0.05) is 0 Å². The fraction of sp³-hybridized carbons (Fsp3) is 0.688. The Morgan fingerprint density at radius 1 is 1.45 bits per heavy atom. The standard InChI is InChI=1S/C16H26N4O2/c1-5-18(9-10-19-8-6-7-17-19)15(22)13-11-14(21)20(12-13)16(2,3)4/h6-8,13H,5,9-12H2,1-4H3/t13-/m1/s1. The number of amides is 2. The van der Waals surface area contributed by atoms with Crippen molar-refractivity contribution in [2.45, 2.75) is 46.2 Å². The van der Waals surface area contributed by atoms with Crippen molar-refractivity contribution < 1.29 is 9.59 Å². The van der Waals surface area contributed by atoms with Gasteiger partial charge in [-0.3, -0.25) is 14.3 Å². The molecule has 0 aromatic carbocycles. The molecule has 2 heterocycles. The predicted molar refractivity (Wildman–Crippen MR) is 84.1 cm³/mol. The molecule has 0 aliphatic carbocycles. The third-order valence-electron chi connectivity index (χ3n) is 4.14. The van der Waals surface area contributed by atoms with E-state index in [9.17, 15) is 9.59 Å². The van der Waals surface area contributed by atoms with E-state index in [0.29, 0.717) is 32.6 Å². The third kappa shape index (κ3) is 3.67. The van der Waals surface area contributed by atoms with Crippen molar-refractivity contribution in [2.24, 2.45) is 5.92 Å². The molecule has 1 fully saturated rings. The Kier molecular flexibility index (Phi) is 4.88. The molecule has 0 saturated carbocycles. The highest BCUT2D eigenvalue weighted by Gasteiger charge is 2.40. The van der Waals surface area contributed by atoms with Gasteiger partial charge in [-0.25, -0.2) is 0 Å². The molecule has 1 aliphatic rings. The van der Waals surface area contributed by atoms with E-state index < -0.39 is 0 Å². The van der Waals surface area contributed by atoms with Gasteiger partial charge in [0.25, 0.3) is 0 Å². The quantitative estimate of drug-likeness (QED) is 0.826. The van der Waals surface area contributed by atoms with Crippen molar-refractivity contribution in [3.8, 4) is 0 Å². The number of likely N-dealkylation sites (tertiary alicyclic amines) is 1. The lowest BCUT2D eigenvalue weighted by Gasteiger charge is -2.32. The van der Waals surface area contributed by atoms with E-state index in [1.54, 1.807) is 6.20 Å². The summed E-state index contributed by atoms with van der Waals surface area (Å²) in [7, 11) is 0. The van der Waals surface area contributed by atoms with Crippen LogP contribution in [0.25, 0.3) is 0 Å². The second kappa shape index (κ2) is 6.50. The normalized spacial score (nSPS) is 18.8. The van der Waals surface area contributed by atoms with E-state index in [1.165, 1.54) is 0 Å². The molecule has 2 rings (SSSR count). The Hall–Kier alpha value is -1.85. The lowest BCUT2D eigenvalue weighted by atomic mass is 10.1. The van der Waals surface area contributed by atoms with Crippen LogP contribution >= 0.6 is 0 Å². The van der Waals surface area contributed by atoms with Gasteiger partial charge in [0.2, 0.25) is 11.8 Å². The minimum absolute atomic E-state index is 0.0778. The zero-order chi connectivity index (χ0) is 16.3. The maximum Gasteiger partial charge on any atom is 0.228 e. The van der Waals surface area contributed by atoms with Crippen LogP contribution in [0.3, 0.4) is 0 Å². The van der Waals surface area contributed by atoms with Gasteiger partial charge in [0.05, 0.1) is 12.5 Å². The van der Waals surface area contributed by atoms with E-state index in [2.05, 4.69) is 5.10 Å².